The van der Waals surface area contributed by atoms with Crippen molar-refractivity contribution in [2.45, 2.75) is 0 Å². The molecule has 0 spiro atoms. The zero-order valence-electron chi connectivity index (χ0n) is 6.27. The van der Waals surface area contributed by atoms with Crippen molar-refractivity contribution in [3.05, 3.63) is 17.6 Å². The highest BCUT2D eigenvalue weighted by atomic mass is 16.5. The van der Waals surface area contributed by atoms with Gasteiger partial charge in [-0.3, -0.25) is 0 Å². The van der Waals surface area contributed by atoms with Crippen molar-refractivity contribution in [3.8, 4) is 11.5 Å². The fourth-order valence-corrected chi connectivity index (χ4v) is 0.677. The molecule has 0 fully saturated rings. The van der Waals surface area contributed by atoms with Gasteiger partial charge in [0, 0.05) is 5.10 Å². The molecule has 0 radical (unpaired) electrons. The van der Waals surface area contributed by atoms with Crippen molar-refractivity contribution in [1.29, 1.82) is 0 Å². The normalized spacial score (nSPS) is 9.27. The van der Waals surface area contributed by atoms with E-state index in [9.17, 15) is 5.21 Å². The Labute approximate surface area is 63.8 Å². The molecule has 0 aliphatic rings. The molecule has 0 aliphatic heterocycles. The van der Waals surface area contributed by atoms with Crippen LogP contribution in [0.5, 0.6) is 11.5 Å². The van der Waals surface area contributed by atoms with E-state index in [2.05, 4.69) is 5.10 Å². The summed E-state index contributed by atoms with van der Waals surface area (Å²) in [6.07, 6.45) is 2.49. The standard InChI is InChI=1S/C6H8N2O3/c1-10-5-3-7-8(9)4-6(5)11-2/h3-4H,1-2H3. The first-order chi connectivity index (χ1) is 5.27. The SMILES string of the molecule is COc1cn[n+]([O-])cc1OC. The Bertz CT molecular complexity index is 252. The van der Waals surface area contributed by atoms with E-state index in [0.717, 1.165) is 0 Å². The number of hydrogen-bond donors (Lipinski definition) is 0. The molecule has 1 rings (SSSR count). The minimum Gasteiger partial charge on any atom is -0.594 e. The zero-order chi connectivity index (χ0) is 8.27. The van der Waals surface area contributed by atoms with Crippen molar-refractivity contribution in [2.75, 3.05) is 14.2 Å². The predicted octanol–water partition coefficient (Wildman–Crippen LogP) is -0.268. The van der Waals surface area contributed by atoms with E-state index in [1.54, 1.807) is 0 Å². The number of aromatic nitrogens is 2. The van der Waals surface area contributed by atoms with Gasteiger partial charge in [-0.1, -0.05) is 4.85 Å². The smallest absolute Gasteiger partial charge is 0.255 e. The van der Waals surface area contributed by atoms with Crippen molar-refractivity contribution >= 4 is 0 Å². The number of rotatable bonds is 2. The minimum absolute atomic E-state index is 0.373. The maximum Gasteiger partial charge on any atom is 0.255 e. The monoisotopic (exact) mass is 156 g/mol. The molecule has 0 aromatic carbocycles. The lowest BCUT2D eigenvalue weighted by Crippen LogP contribution is -2.29. The van der Waals surface area contributed by atoms with Gasteiger partial charge in [0.05, 0.1) is 14.2 Å². The second-order valence-corrected chi connectivity index (χ2v) is 1.81. The molecule has 0 amide bonds. The fourth-order valence-electron chi connectivity index (χ4n) is 0.677. The van der Waals surface area contributed by atoms with Gasteiger partial charge >= 0.3 is 0 Å². The van der Waals surface area contributed by atoms with E-state index in [1.807, 2.05) is 0 Å². The second kappa shape index (κ2) is 3.05. The first-order valence-electron chi connectivity index (χ1n) is 2.95. The van der Waals surface area contributed by atoms with Crippen LogP contribution in [0, 0.1) is 5.21 Å². The Morgan fingerprint density at radius 2 is 2.00 bits per heavy atom. The van der Waals surface area contributed by atoms with Gasteiger partial charge in [0.1, 0.15) is 6.20 Å². The fraction of sp³-hybridized carbons (Fsp3) is 0.333. The summed E-state index contributed by atoms with van der Waals surface area (Å²) < 4.78 is 9.68. The highest BCUT2D eigenvalue weighted by Crippen LogP contribution is 2.21. The third-order valence-corrected chi connectivity index (χ3v) is 1.20. The summed E-state index contributed by atoms with van der Waals surface area (Å²) in [4.78, 5) is 0.404. The van der Waals surface area contributed by atoms with Crippen molar-refractivity contribution < 1.29 is 14.3 Å². The van der Waals surface area contributed by atoms with E-state index >= 15 is 0 Å². The van der Waals surface area contributed by atoms with Crippen molar-refractivity contribution in [3.63, 3.8) is 0 Å². The zero-order valence-corrected chi connectivity index (χ0v) is 6.27. The van der Waals surface area contributed by atoms with E-state index in [4.69, 9.17) is 9.47 Å². The summed E-state index contributed by atoms with van der Waals surface area (Å²) in [6.45, 7) is 0. The van der Waals surface area contributed by atoms with Gasteiger partial charge in [0.2, 0.25) is 5.75 Å². The summed E-state index contributed by atoms with van der Waals surface area (Å²) in [5.74, 6) is 0.817. The Hall–Kier alpha value is -1.52. The van der Waals surface area contributed by atoms with Crippen LogP contribution in [0.25, 0.3) is 0 Å². The second-order valence-electron chi connectivity index (χ2n) is 1.81. The lowest BCUT2D eigenvalue weighted by molar-refractivity contribution is -0.669. The van der Waals surface area contributed by atoms with E-state index in [-0.39, 0.29) is 0 Å². The van der Waals surface area contributed by atoms with Gasteiger partial charge in [-0.15, -0.1) is 0 Å². The van der Waals surface area contributed by atoms with Crippen molar-refractivity contribution in [2.24, 2.45) is 0 Å². The largest absolute Gasteiger partial charge is 0.594 e. The van der Waals surface area contributed by atoms with Crippen LogP contribution in [0.1, 0.15) is 0 Å². The molecule has 60 valence electrons. The molecule has 1 heterocycles. The number of nitrogens with zero attached hydrogens (tertiary/aromatic N) is 2. The third kappa shape index (κ3) is 1.49. The van der Waals surface area contributed by atoms with Gasteiger partial charge in [-0.25, -0.2) is 0 Å². The van der Waals surface area contributed by atoms with Crippen molar-refractivity contribution in [1.82, 2.24) is 5.10 Å². The molecular weight excluding hydrogens is 148 g/mol. The number of hydrogen-bond acceptors (Lipinski definition) is 4. The lowest BCUT2D eigenvalue weighted by atomic mass is 10.5. The molecule has 1 aromatic heterocycles. The maximum atomic E-state index is 10.6. The lowest BCUT2D eigenvalue weighted by Gasteiger charge is -2.03. The van der Waals surface area contributed by atoms with Gasteiger partial charge in [0.25, 0.3) is 6.20 Å². The Kier molecular flexibility index (Phi) is 2.10. The van der Waals surface area contributed by atoms with Crippen LogP contribution in [0.2, 0.25) is 0 Å². The summed E-state index contributed by atoms with van der Waals surface area (Å²) in [7, 11) is 2.94. The average molecular weight is 156 g/mol. The highest BCUT2D eigenvalue weighted by molar-refractivity contribution is 5.32. The van der Waals surface area contributed by atoms with Gasteiger partial charge in [-0.2, -0.15) is 0 Å². The average Bonchev–Trinajstić information content (AvgIpc) is 2.04. The summed E-state index contributed by atoms with van der Waals surface area (Å²) in [5, 5.41) is 14.0. The van der Waals surface area contributed by atoms with Crippen LogP contribution >= 0.6 is 0 Å². The van der Waals surface area contributed by atoms with Gasteiger partial charge in [-0.05, 0) is 0 Å². The summed E-state index contributed by atoms with van der Waals surface area (Å²) in [6, 6.07) is 0. The molecule has 0 saturated carbocycles. The van der Waals surface area contributed by atoms with Crippen LogP contribution in [0.4, 0.5) is 0 Å². The van der Waals surface area contributed by atoms with Crippen LogP contribution in [0.3, 0.4) is 0 Å². The Balaban J connectivity index is 3.06. The molecule has 0 unspecified atom stereocenters. The topological polar surface area (TPSA) is 58.3 Å². The first-order valence-corrected chi connectivity index (χ1v) is 2.95. The first kappa shape index (κ1) is 7.59. The third-order valence-electron chi connectivity index (χ3n) is 1.20. The van der Waals surface area contributed by atoms with Gasteiger partial charge in [0.15, 0.2) is 5.75 Å². The molecular formula is C6H8N2O3. The van der Waals surface area contributed by atoms with Crippen LogP contribution in [0.15, 0.2) is 12.4 Å². The van der Waals surface area contributed by atoms with E-state index in [1.165, 1.54) is 26.6 Å². The molecule has 0 atom stereocenters. The van der Waals surface area contributed by atoms with Crippen LogP contribution in [-0.2, 0) is 0 Å². The molecule has 0 bridgehead atoms. The molecule has 5 heteroatoms. The molecule has 1 aromatic rings. The Morgan fingerprint density at radius 3 is 2.55 bits per heavy atom. The predicted molar refractivity (Wildman–Crippen MR) is 36.3 cm³/mol. The molecule has 0 N–H and O–H groups in total. The van der Waals surface area contributed by atoms with Crippen LogP contribution < -0.4 is 14.3 Å². The van der Waals surface area contributed by atoms with E-state index < -0.39 is 0 Å². The quantitative estimate of drug-likeness (QED) is 0.437. The van der Waals surface area contributed by atoms with E-state index in [0.29, 0.717) is 16.3 Å². The molecule has 0 saturated heterocycles. The molecule has 0 aliphatic carbocycles. The molecule has 5 nitrogen and oxygen atoms in total. The Morgan fingerprint density at radius 1 is 1.36 bits per heavy atom. The van der Waals surface area contributed by atoms with Crippen LogP contribution in [-0.4, -0.2) is 19.3 Å². The maximum absolute atomic E-state index is 10.6. The highest BCUT2D eigenvalue weighted by Gasteiger charge is 2.07. The molecule has 11 heavy (non-hydrogen) atoms. The summed E-state index contributed by atoms with van der Waals surface area (Å²) in [5.41, 5.74) is 0. The number of ether oxygens (including phenoxy) is 2. The minimum atomic E-state index is 0.373. The number of methoxy groups -OCH3 is 2. The van der Waals surface area contributed by atoms with Gasteiger partial charge < -0.3 is 14.7 Å². The summed E-state index contributed by atoms with van der Waals surface area (Å²) >= 11 is 0.